The third-order valence-corrected chi connectivity index (χ3v) is 5.23. The molecule has 1 N–H and O–H groups in total. The van der Waals surface area contributed by atoms with Gasteiger partial charge in [-0.3, -0.25) is 14.9 Å². The number of amides is 2. The largest absolute Gasteiger partial charge is 0.573 e. The van der Waals surface area contributed by atoms with Gasteiger partial charge in [0.1, 0.15) is 11.5 Å². The maximum atomic E-state index is 12.5. The Balaban J connectivity index is 1.40. The van der Waals surface area contributed by atoms with Crippen LogP contribution in [0.5, 0.6) is 11.5 Å². The number of alkyl halides is 3. The Labute approximate surface area is 195 Å². The van der Waals surface area contributed by atoms with Crippen molar-refractivity contribution in [1.29, 1.82) is 0 Å². The van der Waals surface area contributed by atoms with Gasteiger partial charge in [-0.1, -0.05) is 16.7 Å². The van der Waals surface area contributed by atoms with Crippen LogP contribution in [0.25, 0.3) is 0 Å². The van der Waals surface area contributed by atoms with Gasteiger partial charge in [-0.25, -0.2) is 0 Å². The Kier molecular flexibility index (Phi) is 6.33. The summed E-state index contributed by atoms with van der Waals surface area (Å²) in [6.07, 6.45) is -4.76. The molecule has 2 aromatic carbocycles. The number of rotatable bonds is 6. The highest BCUT2D eigenvalue weighted by Crippen LogP contribution is 2.33. The number of methoxy groups -OCH3 is 1. The van der Waals surface area contributed by atoms with Gasteiger partial charge in [0.05, 0.1) is 18.1 Å². The van der Waals surface area contributed by atoms with Gasteiger partial charge in [0.25, 0.3) is 5.91 Å². The summed E-state index contributed by atoms with van der Waals surface area (Å²) >= 11 is 6.03. The average molecular weight is 497 g/mol. The van der Waals surface area contributed by atoms with Crippen LogP contribution in [-0.4, -0.2) is 42.0 Å². The number of benzene rings is 2. The molecule has 1 atom stereocenters. The topological polar surface area (TPSA) is 107 Å². The smallest absolute Gasteiger partial charge is 0.495 e. The van der Waals surface area contributed by atoms with Crippen molar-refractivity contribution in [3.8, 4) is 11.5 Å². The molecule has 1 aliphatic rings. The van der Waals surface area contributed by atoms with Crippen LogP contribution in [0.15, 0.2) is 46.9 Å². The second kappa shape index (κ2) is 9.21. The van der Waals surface area contributed by atoms with Crippen LogP contribution in [0.3, 0.4) is 0 Å². The van der Waals surface area contributed by atoms with Gasteiger partial charge < -0.3 is 18.8 Å². The van der Waals surface area contributed by atoms with Crippen LogP contribution in [0.1, 0.15) is 28.6 Å². The van der Waals surface area contributed by atoms with Crippen LogP contribution in [0, 0.1) is 0 Å². The van der Waals surface area contributed by atoms with Crippen molar-refractivity contribution in [2.75, 3.05) is 23.9 Å². The molecule has 2 amide bonds. The molecule has 1 saturated heterocycles. The molecule has 0 unspecified atom stereocenters. The monoisotopic (exact) mass is 496 g/mol. The Morgan fingerprint density at radius 1 is 1.21 bits per heavy atom. The fourth-order valence-corrected chi connectivity index (χ4v) is 3.63. The molecule has 34 heavy (non-hydrogen) atoms. The second-order valence-electron chi connectivity index (χ2n) is 7.20. The zero-order valence-corrected chi connectivity index (χ0v) is 18.2. The van der Waals surface area contributed by atoms with Crippen LogP contribution < -0.4 is 19.7 Å². The first kappa shape index (κ1) is 23.4. The number of hydrogen-bond donors (Lipinski definition) is 1. The Morgan fingerprint density at radius 2 is 1.94 bits per heavy atom. The van der Waals surface area contributed by atoms with E-state index in [-0.39, 0.29) is 41.4 Å². The number of anilines is 2. The fraction of sp³-hybridized carbons (Fsp3) is 0.238. The van der Waals surface area contributed by atoms with Crippen molar-refractivity contribution in [1.82, 2.24) is 10.2 Å². The summed E-state index contributed by atoms with van der Waals surface area (Å²) in [5, 5.41) is 10.4. The molecule has 0 spiro atoms. The number of nitrogens with zero attached hydrogens (tertiary/aromatic N) is 3. The van der Waals surface area contributed by atoms with Gasteiger partial charge in [-0.2, -0.15) is 0 Å². The normalized spacial score (nSPS) is 16.0. The molecule has 1 aromatic heterocycles. The number of ether oxygens (including phenoxy) is 2. The maximum absolute atomic E-state index is 12.5. The van der Waals surface area contributed by atoms with E-state index in [9.17, 15) is 22.8 Å². The number of hydrogen-bond acceptors (Lipinski definition) is 7. The zero-order chi connectivity index (χ0) is 24.5. The van der Waals surface area contributed by atoms with Gasteiger partial charge in [0.2, 0.25) is 11.8 Å². The van der Waals surface area contributed by atoms with Gasteiger partial charge in [0, 0.05) is 24.2 Å². The summed E-state index contributed by atoms with van der Waals surface area (Å²) in [5.74, 6) is -1.12. The highest BCUT2D eigenvalue weighted by atomic mass is 35.5. The minimum Gasteiger partial charge on any atom is -0.495 e. The van der Waals surface area contributed by atoms with E-state index in [0.717, 1.165) is 12.1 Å². The highest BCUT2D eigenvalue weighted by Gasteiger charge is 2.35. The van der Waals surface area contributed by atoms with Gasteiger partial charge in [-0.15, -0.1) is 18.3 Å². The molecular weight excluding hydrogens is 481 g/mol. The lowest BCUT2D eigenvalue weighted by molar-refractivity contribution is -0.274. The van der Waals surface area contributed by atoms with E-state index in [1.807, 2.05) is 0 Å². The molecular formula is C21H16ClF3N4O5. The molecule has 3 aromatic rings. The Morgan fingerprint density at radius 3 is 2.59 bits per heavy atom. The fourth-order valence-electron chi connectivity index (χ4n) is 3.38. The van der Waals surface area contributed by atoms with E-state index < -0.39 is 23.9 Å². The van der Waals surface area contributed by atoms with E-state index in [4.69, 9.17) is 20.8 Å². The van der Waals surface area contributed by atoms with Gasteiger partial charge in [-0.05, 0) is 42.5 Å². The van der Waals surface area contributed by atoms with E-state index in [2.05, 4.69) is 20.3 Å². The third kappa shape index (κ3) is 5.22. The Bertz CT molecular complexity index is 1220. The molecule has 4 rings (SSSR count). The molecule has 9 nitrogen and oxygen atoms in total. The van der Waals surface area contributed by atoms with E-state index in [1.54, 1.807) is 0 Å². The molecule has 1 fully saturated rings. The maximum Gasteiger partial charge on any atom is 0.573 e. The Hall–Kier alpha value is -3.80. The quantitative estimate of drug-likeness (QED) is 0.539. The predicted octanol–water partition coefficient (Wildman–Crippen LogP) is 4.40. The van der Waals surface area contributed by atoms with Crippen LogP contribution >= 0.6 is 11.6 Å². The summed E-state index contributed by atoms with van der Waals surface area (Å²) in [6, 6.07) is 9.25. The lowest BCUT2D eigenvalue weighted by Gasteiger charge is -2.17. The van der Waals surface area contributed by atoms with Crippen molar-refractivity contribution in [2.45, 2.75) is 18.7 Å². The van der Waals surface area contributed by atoms with Crippen molar-refractivity contribution >= 4 is 35.1 Å². The molecule has 2 heterocycles. The zero-order valence-electron chi connectivity index (χ0n) is 17.4. The molecule has 13 heteroatoms. The number of carbonyl (C=O) groups is 2. The van der Waals surface area contributed by atoms with Gasteiger partial charge in [0.15, 0.2) is 0 Å². The van der Waals surface area contributed by atoms with E-state index in [1.165, 1.54) is 42.3 Å². The van der Waals surface area contributed by atoms with Crippen LogP contribution in [0.2, 0.25) is 5.02 Å². The van der Waals surface area contributed by atoms with Crippen molar-refractivity contribution in [2.24, 2.45) is 0 Å². The standard InChI is InChI=1S/C21H16ClF3N4O5/c1-32-16-7-2-11(8-15(16)22)18(31)26-20-28-27-19(33-20)12-9-17(30)29(10-12)13-3-5-14(6-4-13)34-21(23,24)25/h2-8,12H,9-10H2,1H3,(H,26,28,31)/t12-/m0/s1. The summed E-state index contributed by atoms with van der Waals surface area (Å²) in [7, 11) is 1.45. The number of nitrogens with one attached hydrogen (secondary N) is 1. The molecule has 0 radical (unpaired) electrons. The predicted molar refractivity (Wildman–Crippen MR) is 113 cm³/mol. The second-order valence-corrected chi connectivity index (χ2v) is 7.60. The summed E-state index contributed by atoms with van der Waals surface area (Å²) in [4.78, 5) is 26.3. The van der Waals surface area contributed by atoms with Crippen LogP contribution in [0.4, 0.5) is 24.9 Å². The molecule has 1 aliphatic heterocycles. The minimum absolute atomic E-state index is 0.0461. The summed E-state index contributed by atoms with van der Waals surface area (Å²) < 4.78 is 51.4. The van der Waals surface area contributed by atoms with Crippen molar-refractivity contribution in [3.63, 3.8) is 0 Å². The highest BCUT2D eigenvalue weighted by molar-refractivity contribution is 6.32. The SMILES string of the molecule is COc1ccc(C(=O)Nc2nnc([C@H]3CC(=O)N(c4ccc(OC(F)(F)F)cc4)C3)o2)cc1Cl. The van der Waals surface area contributed by atoms with Crippen molar-refractivity contribution in [3.05, 3.63) is 58.9 Å². The first-order valence-electron chi connectivity index (χ1n) is 9.77. The summed E-state index contributed by atoms with van der Waals surface area (Å²) in [6.45, 7) is 0.169. The van der Waals surface area contributed by atoms with Crippen LogP contribution in [-0.2, 0) is 4.79 Å². The summed E-state index contributed by atoms with van der Waals surface area (Å²) in [5.41, 5.74) is 0.636. The first-order chi connectivity index (χ1) is 16.1. The number of halogens is 4. The first-order valence-corrected chi connectivity index (χ1v) is 10.1. The average Bonchev–Trinajstić information content (AvgIpc) is 3.39. The molecule has 178 valence electrons. The minimum atomic E-state index is -4.80. The number of aromatic nitrogens is 2. The van der Waals surface area contributed by atoms with Gasteiger partial charge >= 0.3 is 12.4 Å². The molecule has 0 saturated carbocycles. The number of carbonyl (C=O) groups excluding carboxylic acids is 2. The lowest BCUT2D eigenvalue weighted by Crippen LogP contribution is -2.24. The van der Waals surface area contributed by atoms with Crippen molar-refractivity contribution < 1.29 is 36.7 Å². The van der Waals surface area contributed by atoms with E-state index >= 15 is 0 Å². The molecule has 0 aliphatic carbocycles. The van der Waals surface area contributed by atoms with E-state index in [0.29, 0.717) is 11.4 Å². The molecule has 0 bridgehead atoms. The lowest BCUT2D eigenvalue weighted by atomic mass is 10.1. The third-order valence-electron chi connectivity index (χ3n) is 4.93.